The fourth-order valence-electron chi connectivity index (χ4n) is 1.09. The number of aromatic nitrogens is 1. The normalized spacial score (nSPS) is 10.5. The van der Waals surface area contributed by atoms with Crippen molar-refractivity contribution in [3.8, 4) is 10.6 Å². The van der Waals surface area contributed by atoms with Crippen molar-refractivity contribution in [1.82, 2.24) is 4.98 Å². The lowest BCUT2D eigenvalue weighted by molar-refractivity contribution is -0.136. The van der Waals surface area contributed by atoms with Crippen LogP contribution in [-0.4, -0.2) is 21.8 Å². The number of carboxylic acids is 1. The SMILES string of the molecule is O=C(O)CCSc1nc(-c2cccs2)cs1. The molecular formula is C10H9NO2S3. The molecule has 84 valence electrons. The van der Waals surface area contributed by atoms with E-state index in [-0.39, 0.29) is 6.42 Å². The first-order valence-corrected chi connectivity index (χ1v) is 7.34. The zero-order valence-corrected chi connectivity index (χ0v) is 10.7. The molecule has 6 heteroatoms. The van der Waals surface area contributed by atoms with Gasteiger partial charge in [-0.15, -0.1) is 22.7 Å². The lowest BCUT2D eigenvalue weighted by Crippen LogP contribution is -1.95. The number of thiazole rings is 1. The first-order chi connectivity index (χ1) is 7.75. The van der Waals surface area contributed by atoms with Crippen LogP contribution in [-0.2, 0) is 4.79 Å². The van der Waals surface area contributed by atoms with Crippen LogP contribution in [0.2, 0.25) is 0 Å². The summed E-state index contributed by atoms with van der Waals surface area (Å²) >= 11 is 4.72. The quantitative estimate of drug-likeness (QED) is 0.846. The van der Waals surface area contributed by atoms with Crippen LogP contribution in [0.4, 0.5) is 0 Å². The zero-order valence-electron chi connectivity index (χ0n) is 8.25. The number of thioether (sulfide) groups is 1. The molecule has 3 nitrogen and oxygen atoms in total. The van der Waals surface area contributed by atoms with E-state index in [1.807, 2.05) is 22.9 Å². The molecule has 0 aliphatic rings. The summed E-state index contributed by atoms with van der Waals surface area (Å²) in [6, 6.07) is 4.03. The number of nitrogens with zero attached hydrogens (tertiary/aromatic N) is 1. The first kappa shape index (κ1) is 11.6. The lowest BCUT2D eigenvalue weighted by atomic mass is 10.4. The maximum Gasteiger partial charge on any atom is 0.304 e. The summed E-state index contributed by atoms with van der Waals surface area (Å²) in [6.07, 6.45) is 0.179. The molecule has 0 aliphatic carbocycles. The van der Waals surface area contributed by atoms with Crippen LogP contribution in [0.15, 0.2) is 27.2 Å². The number of hydrogen-bond acceptors (Lipinski definition) is 5. The van der Waals surface area contributed by atoms with Gasteiger partial charge in [-0.3, -0.25) is 4.79 Å². The smallest absolute Gasteiger partial charge is 0.304 e. The second-order valence-corrected chi connectivity index (χ2v) is 6.12. The van der Waals surface area contributed by atoms with Crippen molar-refractivity contribution >= 4 is 40.4 Å². The fraction of sp³-hybridized carbons (Fsp3) is 0.200. The summed E-state index contributed by atoms with van der Waals surface area (Å²) < 4.78 is 0.935. The van der Waals surface area contributed by atoms with E-state index < -0.39 is 5.97 Å². The van der Waals surface area contributed by atoms with E-state index in [0.717, 1.165) is 14.9 Å². The van der Waals surface area contributed by atoms with Crippen LogP contribution in [0, 0.1) is 0 Å². The van der Waals surface area contributed by atoms with Gasteiger partial charge in [0.2, 0.25) is 0 Å². The minimum Gasteiger partial charge on any atom is -0.481 e. The fourth-order valence-corrected chi connectivity index (χ4v) is 3.67. The van der Waals surface area contributed by atoms with Crippen LogP contribution in [0.3, 0.4) is 0 Å². The van der Waals surface area contributed by atoms with E-state index in [1.54, 1.807) is 22.7 Å². The number of aliphatic carboxylic acids is 1. The molecule has 0 radical (unpaired) electrons. The standard InChI is InChI=1S/C10H9NO2S3/c12-9(13)3-5-15-10-11-7(6-16-10)8-2-1-4-14-8/h1-2,4,6H,3,5H2,(H,12,13). The Balaban J connectivity index is 1.95. The van der Waals surface area contributed by atoms with Crippen molar-refractivity contribution in [3.63, 3.8) is 0 Å². The second kappa shape index (κ2) is 5.47. The Morgan fingerprint density at radius 3 is 3.06 bits per heavy atom. The summed E-state index contributed by atoms with van der Waals surface area (Å²) in [5, 5.41) is 12.5. The number of hydrogen-bond donors (Lipinski definition) is 1. The Morgan fingerprint density at radius 2 is 2.38 bits per heavy atom. The van der Waals surface area contributed by atoms with Crippen LogP contribution < -0.4 is 0 Å². The summed E-state index contributed by atoms with van der Waals surface area (Å²) in [7, 11) is 0. The average Bonchev–Trinajstić information content (AvgIpc) is 2.85. The second-order valence-electron chi connectivity index (χ2n) is 2.97. The Morgan fingerprint density at radius 1 is 1.50 bits per heavy atom. The van der Waals surface area contributed by atoms with E-state index in [1.165, 1.54) is 11.8 Å². The van der Waals surface area contributed by atoms with Crippen molar-refractivity contribution < 1.29 is 9.90 Å². The molecular weight excluding hydrogens is 262 g/mol. The van der Waals surface area contributed by atoms with Gasteiger partial charge in [-0.2, -0.15) is 0 Å². The van der Waals surface area contributed by atoms with Crippen LogP contribution in [0.25, 0.3) is 10.6 Å². The van der Waals surface area contributed by atoms with E-state index in [2.05, 4.69) is 4.98 Å². The van der Waals surface area contributed by atoms with E-state index in [0.29, 0.717) is 5.75 Å². The molecule has 0 bridgehead atoms. The van der Waals surface area contributed by atoms with Crippen molar-refractivity contribution in [2.75, 3.05) is 5.75 Å². The Hall–Kier alpha value is -0.850. The number of thiophene rings is 1. The van der Waals surface area contributed by atoms with Gasteiger partial charge in [-0.1, -0.05) is 17.8 Å². The maximum absolute atomic E-state index is 10.4. The molecule has 0 aromatic carbocycles. The Kier molecular flexibility index (Phi) is 3.98. The van der Waals surface area contributed by atoms with Gasteiger partial charge >= 0.3 is 5.97 Å². The van der Waals surface area contributed by atoms with Gasteiger partial charge in [0.15, 0.2) is 4.34 Å². The van der Waals surface area contributed by atoms with Gasteiger partial charge in [0.25, 0.3) is 0 Å². The van der Waals surface area contributed by atoms with Gasteiger partial charge in [0, 0.05) is 11.1 Å². The molecule has 0 saturated carbocycles. The van der Waals surface area contributed by atoms with Gasteiger partial charge in [0.05, 0.1) is 17.0 Å². The molecule has 2 aromatic rings. The van der Waals surface area contributed by atoms with E-state index in [4.69, 9.17) is 5.11 Å². The van der Waals surface area contributed by atoms with Crippen molar-refractivity contribution in [2.24, 2.45) is 0 Å². The van der Waals surface area contributed by atoms with Crippen LogP contribution in [0.1, 0.15) is 6.42 Å². The lowest BCUT2D eigenvalue weighted by Gasteiger charge is -1.92. The number of carbonyl (C=O) groups is 1. The molecule has 16 heavy (non-hydrogen) atoms. The first-order valence-electron chi connectivity index (χ1n) is 4.59. The molecule has 0 amide bonds. The van der Waals surface area contributed by atoms with Crippen molar-refractivity contribution in [3.05, 3.63) is 22.9 Å². The molecule has 0 spiro atoms. The molecule has 2 heterocycles. The van der Waals surface area contributed by atoms with Gasteiger partial charge in [-0.05, 0) is 11.4 Å². The molecule has 0 aliphatic heterocycles. The molecule has 0 fully saturated rings. The Bertz CT molecular complexity index is 464. The highest BCUT2D eigenvalue weighted by molar-refractivity contribution is 8.01. The average molecular weight is 271 g/mol. The molecule has 1 N–H and O–H groups in total. The summed E-state index contributed by atoms with van der Waals surface area (Å²) in [5.41, 5.74) is 0.984. The maximum atomic E-state index is 10.4. The molecule has 2 aromatic heterocycles. The third-order valence-corrected chi connectivity index (χ3v) is 4.71. The third-order valence-electron chi connectivity index (χ3n) is 1.80. The van der Waals surface area contributed by atoms with E-state index >= 15 is 0 Å². The predicted octanol–water partition coefficient (Wildman–Crippen LogP) is 3.44. The molecule has 2 rings (SSSR count). The van der Waals surface area contributed by atoms with Crippen molar-refractivity contribution in [1.29, 1.82) is 0 Å². The van der Waals surface area contributed by atoms with Gasteiger partial charge < -0.3 is 5.11 Å². The van der Waals surface area contributed by atoms with Gasteiger partial charge in [0.1, 0.15) is 0 Å². The zero-order chi connectivity index (χ0) is 11.4. The molecule has 0 unspecified atom stereocenters. The third kappa shape index (κ3) is 3.07. The minimum absolute atomic E-state index is 0.179. The monoisotopic (exact) mass is 271 g/mol. The molecule has 0 saturated heterocycles. The summed E-state index contributed by atoms with van der Waals surface area (Å²) in [6.45, 7) is 0. The highest BCUT2D eigenvalue weighted by Crippen LogP contribution is 2.30. The number of carboxylic acid groups (broad SMARTS) is 1. The topological polar surface area (TPSA) is 50.2 Å². The van der Waals surface area contributed by atoms with Crippen LogP contribution >= 0.6 is 34.4 Å². The van der Waals surface area contributed by atoms with Crippen LogP contribution in [0.5, 0.6) is 0 Å². The highest BCUT2D eigenvalue weighted by Gasteiger charge is 2.06. The highest BCUT2D eigenvalue weighted by atomic mass is 32.2. The number of rotatable bonds is 5. The van der Waals surface area contributed by atoms with Crippen molar-refractivity contribution in [2.45, 2.75) is 10.8 Å². The van der Waals surface area contributed by atoms with Gasteiger partial charge in [-0.25, -0.2) is 4.98 Å². The minimum atomic E-state index is -0.762. The Labute approximate surface area is 105 Å². The molecule has 0 atom stereocenters. The van der Waals surface area contributed by atoms with E-state index in [9.17, 15) is 4.79 Å². The summed E-state index contributed by atoms with van der Waals surface area (Å²) in [5.74, 6) is -0.185. The predicted molar refractivity (Wildman–Crippen MR) is 68.4 cm³/mol. The summed E-state index contributed by atoms with van der Waals surface area (Å²) in [4.78, 5) is 16.0. The largest absolute Gasteiger partial charge is 0.481 e.